The molecule has 1 unspecified atom stereocenters. The summed E-state index contributed by atoms with van der Waals surface area (Å²) < 4.78 is 4.88. The zero-order valence-electron chi connectivity index (χ0n) is 12.1. The number of aliphatic carboxylic acids is 1. The van der Waals surface area contributed by atoms with Crippen LogP contribution in [-0.2, 0) is 14.3 Å². The summed E-state index contributed by atoms with van der Waals surface area (Å²) in [5.74, 6) is -1.71. The van der Waals surface area contributed by atoms with Crippen LogP contribution in [0, 0.1) is 0 Å². The fraction of sp³-hybridized carbons (Fsp3) is 0.733. The molecule has 0 aromatic carbocycles. The Bertz CT molecular complexity index is 297. The molecule has 110 valence electrons. The molecule has 1 atom stereocenters. The normalized spacial score (nSPS) is 11.9. The van der Waals surface area contributed by atoms with Gasteiger partial charge in [-0.05, 0) is 19.8 Å². The first-order chi connectivity index (χ1) is 8.99. The Labute approximate surface area is 115 Å². The molecule has 0 aliphatic heterocycles. The average Bonchev–Trinajstić information content (AvgIpc) is 2.35. The van der Waals surface area contributed by atoms with Crippen LogP contribution in [0.4, 0.5) is 0 Å². The van der Waals surface area contributed by atoms with Gasteiger partial charge in [-0.2, -0.15) is 0 Å². The van der Waals surface area contributed by atoms with Crippen molar-refractivity contribution < 1.29 is 19.4 Å². The van der Waals surface area contributed by atoms with Crippen LogP contribution in [0.5, 0.6) is 0 Å². The molecule has 0 rings (SSSR count). The van der Waals surface area contributed by atoms with Gasteiger partial charge in [-0.3, -0.25) is 0 Å². The van der Waals surface area contributed by atoms with E-state index in [2.05, 4.69) is 13.5 Å². The van der Waals surface area contributed by atoms with E-state index in [1.165, 1.54) is 32.6 Å². The predicted octanol–water partition coefficient (Wildman–Crippen LogP) is 3.70. The second kappa shape index (κ2) is 10.6. The fourth-order valence-corrected chi connectivity index (χ4v) is 1.75. The van der Waals surface area contributed by atoms with Crippen LogP contribution in [0.1, 0.15) is 65.2 Å². The van der Waals surface area contributed by atoms with Gasteiger partial charge in [0.15, 0.2) is 6.10 Å². The maximum absolute atomic E-state index is 11.3. The van der Waals surface area contributed by atoms with E-state index < -0.39 is 18.0 Å². The molecule has 0 aromatic rings. The van der Waals surface area contributed by atoms with Gasteiger partial charge in [0, 0.05) is 5.57 Å². The maximum atomic E-state index is 11.3. The lowest BCUT2D eigenvalue weighted by Gasteiger charge is -2.13. The number of carboxylic acid groups (broad SMARTS) is 1. The van der Waals surface area contributed by atoms with Gasteiger partial charge in [-0.1, -0.05) is 52.0 Å². The smallest absolute Gasteiger partial charge is 0.345 e. The molecule has 0 spiro atoms. The topological polar surface area (TPSA) is 63.6 Å². The predicted molar refractivity (Wildman–Crippen MR) is 74.9 cm³/mol. The van der Waals surface area contributed by atoms with Crippen LogP contribution in [0.15, 0.2) is 12.2 Å². The van der Waals surface area contributed by atoms with Gasteiger partial charge in [0.1, 0.15) is 0 Å². The summed E-state index contributed by atoms with van der Waals surface area (Å²) >= 11 is 0. The molecule has 0 heterocycles. The van der Waals surface area contributed by atoms with Gasteiger partial charge in [-0.25, -0.2) is 9.59 Å². The number of carbonyl (C=O) groups excluding carboxylic acids is 1. The Morgan fingerprint density at radius 2 is 1.63 bits per heavy atom. The molecule has 0 saturated heterocycles. The molecule has 0 amide bonds. The van der Waals surface area contributed by atoms with Crippen molar-refractivity contribution in [3.8, 4) is 0 Å². The highest BCUT2D eigenvalue weighted by molar-refractivity contribution is 5.89. The molecule has 0 bridgehead atoms. The maximum Gasteiger partial charge on any atom is 0.345 e. The Morgan fingerprint density at radius 1 is 1.11 bits per heavy atom. The molecular weight excluding hydrogens is 244 g/mol. The number of hydrogen-bond donors (Lipinski definition) is 1. The first-order valence-electron chi connectivity index (χ1n) is 7.08. The van der Waals surface area contributed by atoms with Crippen LogP contribution in [-0.4, -0.2) is 23.1 Å². The number of carboxylic acids is 1. The molecule has 0 aliphatic carbocycles. The van der Waals surface area contributed by atoms with E-state index >= 15 is 0 Å². The summed E-state index contributed by atoms with van der Waals surface area (Å²) in [6.45, 7) is 7.12. The second-order valence-electron chi connectivity index (χ2n) is 4.92. The van der Waals surface area contributed by atoms with Crippen LogP contribution < -0.4 is 0 Å². The highest BCUT2D eigenvalue weighted by Gasteiger charge is 2.21. The highest BCUT2D eigenvalue weighted by atomic mass is 16.6. The van der Waals surface area contributed by atoms with Crippen molar-refractivity contribution in [1.29, 1.82) is 0 Å². The SMILES string of the molecule is C=C(C)C(=O)OC(CCCCCCCCC)C(=O)O. The first kappa shape index (κ1) is 17.7. The third-order valence-corrected chi connectivity index (χ3v) is 2.94. The summed E-state index contributed by atoms with van der Waals surface area (Å²) in [4.78, 5) is 22.2. The Balaban J connectivity index is 3.81. The van der Waals surface area contributed by atoms with Gasteiger partial charge < -0.3 is 9.84 Å². The zero-order valence-corrected chi connectivity index (χ0v) is 12.1. The monoisotopic (exact) mass is 270 g/mol. The lowest BCUT2D eigenvalue weighted by molar-refractivity contribution is -0.161. The van der Waals surface area contributed by atoms with Crippen molar-refractivity contribution >= 4 is 11.9 Å². The average molecular weight is 270 g/mol. The third-order valence-electron chi connectivity index (χ3n) is 2.94. The van der Waals surface area contributed by atoms with Crippen LogP contribution in [0.25, 0.3) is 0 Å². The number of hydrogen-bond acceptors (Lipinski definition) is 3. The molecule has 4 nitrogen and oxygen atoms in total. The third kappa shape index (κ3) is 9.28. The summed E-state index contributed by atoms with van der Waals surface area (Å²) in [7, 11) is 0. The number of carbonyl (C=O) groups is 2. The van der Waals surface area contributed by atoms with Crippen LogP contribution in [0.3, 0.4) is 0 Å². The van der Waals surface area contributed by atoms with Crippen LogP contribution in [0.2, 0.25) is 0 Å². The van der Waals surface area contributed by atoms with Crippen molar-refractivity contribution in [3.05, 3.63) is 12.2 Å². The van der Waals surface area contributed by atoms with Crippen molar-refractivity contribution in [2.45, 2.75) is 71.3 Å². The van der Waals surface area contributed by atoms with Gasteiger partial charge in [-0.15, -0.1) is 0 Å². The van der Waals surface area contributed by atoms with Gasteiger partial charge in [0.05, 0.1) is 0 Å². The first-order valence-corrected chi connectivity index (χ1v) is 7.08. The van der Waals surface area contributed by atoms with Crippen molar-refractivity contribution in [2.24, 2.45) is 0 Å². The molecule has 0 aromatic heterocycles. The van der Waals surface area contributed by atoms with Crippen molar-refractivity contribution in [3.63, 3.8) is 0 Å². The summed E-state index contributed by atoms with van der Waals surface area (Å²) in [6.07, 6.45) is 7.11. The zero-order chi connectivity index (χ0) is 14.7. The standard InChI is InChI=1S/C15H26O4/c1-4-5-6-7-8-9-10-11-13(14(16)17)19-15(18)12(2)3/h13H,2,4-11H2,1,3H3,(H,16,17). The molecule has 0 saturated carbocycles. The molecule has 0 aliphatic rings. The van der Waals surface area contributed by atoms with E-state index in [0.29, 0.717) is 6.42 Å². The minimum atomic E-state index is -1.08. The number of unbranched alkanes of at least 4 members (excludes halogenated alkanes) is 6. The van der Waals surface area contributed by atoms with Gasteiger partial charge in [0.2, 0.25) is 0 Å². The molecular formula is C15H26O4. The molecule has 0 radical (unpaired) electrons. The Hall–Kier alpha value is -1.32. The van der Waals surface area contributed by atoms with E-state index in [9.17, 15) is 9.59 Å². The minimum absolute atomic E-state index is 0.228. The molecule has 4 heteroatoms. The van der Waals surface area contributed by atoms with E-state index in [-0.39, 0.29) is 5.57 Å². The Kier molecular flexibility index (Phi) is 9.85. The van der Waals surface area contributed by atoms with Crippen LogP contribution >= 0.6 is 0 Å². The van der Waals surface area contributed by atoms with Gasteiger partial charge in [0.25, 0.3) is 0 Å². The quantitative estimate of drug-likeness (QED) is 0.353. The van der Waals surface area contributed by atoms with Crippen molar-refractivity contribution in [1.82, 2.24) is 0 Å². The van der Waals surface area contributed by atoms with E-state index in [0.717, 1.165) is 19.3 Å². The van der Waals surface area contributed by atoms with E-state index in [1.807, 2.05) is 0 Å². The minimum Gasteiger partial charge on any atom is -0.479 e. The number of ether oxygens (including phenoxy) is 1. The van der Waals surface area contributed by atoms with E-state index in [1.54, 1.807) is 0 Å². The van der Waals surface area contributed by atoms with E-state index in [4.69, 9.17) is 9.84 Å². The second-order valence-corrected chi connectivity index (χ2v) is 4.92. The molecule has 1 N–H and O–H groups in total. The summed E-state index contributed by atoms with van der Waals surface area (Å²) in [5.41, 5.74) is 0.228. The number of esters is 1. The van der Waals surface area contributed by atoms with Gasteiger partial charge >= 0.3 is 11.9 Å². The highest BCUT2D eigenvalue weighted by Crippen LogP contribution is 2.12. The Morgan fingerprint density at radius 3 is 2.11 bits per heavy atom. The molecule has 19 heavy (non-hydrogen) atoms. The lowest BCUT2D eigenvalue weighted by atomic mass is 10.1. The summed E-state index contributed by atoms with van der Waals surface area (Å²) in [6, 6.07) is 0. The fourth-order valence-electron chi connectivity index (χ4n) is 1.75. The lowest BCUT2D eigenvalue weighted by Crippen LogP contribution is -2.27. The largest absolute Gasteiger partial charge is 0.479 e. The van der Waals surface area contributed by atoms with Crippen molar-refractivity contribution in [2.75, 3.05) is 0 Å². The summed E-state index contributed by atoms with van der Waals surface area (Å²) in [5, 5.41) is 8.97. The molecule has 0 fully saturated rings. The number of rotatable bonds is 11.